The maximum atomic E-state index is 12.0. The van der Waals surface area contributed by atoms with Crippen molar-refractivity contribution in [3.05, 3.63) is 52.8 Å². The molecule has 3 fully saturated rings. The molecule has 0 unspecified atom stereocenters. The summed E-state index contributed by atoms with van der Waals surface area (Å²) in [4.78, 5) is 37.8. The van der Waals surface area contributed by atoms with E-state index in [1.165, 1.54) is 5.56 Å². The van der Waals surface area contributed by atoms with Gasteiger partial charge in [0.2, 0.25) is 11.9 Å². The standard InChI is InChI=1S/C26H32N10O2/c1-2-34-9-11-35(12-10-34)16-18-5-3-17(4-6-18)14-27-24-31-22-19(13-21-23(37)32-26(38)30-21)15-28-36(22)25(33-24)29-20-7-8-20/h3-6,13,15,20H,2,7-12,14,16H2,1H3,(H2,27,29,31,33)(H2,30,32,37,38)/b21-13-. The molecular formula is C26H32N10O2. The summed E-state index contributed by atoms with van der Waals surface area (Å²) >= 11 is 0. The van der Waals surface area contributed by atoms with Gasteiger partial charge in [-0.3, -0.25) is 15.0 Å². The van der Waals surface area contributed by atoms with Crippen LogP contribution < -0.4 is 21.3 Å². The number of carbonyl (C=O) groups excluding carboxylic acids is 2. The van der Waals surface area contributed by atoms with E-state index in [4.69, 9.17) is 0 Å². The van der Waals surface area contributed by atoms with Crippen LogP contribution in [0.1, 0.15) is 36.5 Å². The van der Waals surface area contributed by atoms with E-state index in [0.717, 1.165) is 57.7 Å². The van der Waals surface area contributed by atoms with Crippen LogP contribution in [0.15, 0.2) is 36.2 Å². The molecule has 198 valence electrons. The van der Waals surface area contributed by atoms with Crippen molar-refractivity contribution in [3.63, 3.8) is 0 Å². The van der Waals surface area contributed by atoms with Gasteiger partial charge in [0.15, 0.2) is 5.65 Å². The van der Waals surface area contributed by atoms with E-state index < -0.39 is 11.9 Å². The van der Waals surface area contributed by atoms with Crippen LogP contribution in [0.3, 0.4) is 0 Å². The highest BCUT2D eigenvalue weighted by molar-refractivity contribution is 6.14. The minimum absolute atomic E-state index is 0.155. The Morgan fingerprint density at radius 2 is 1.74 bits per heavy atom. The molecule has 38 heavy (non-hydrogen) atoms. The van der Waals surface area contributed by atoms with Gasteiger partial charge in [-0.25, -0.2) is 4.79 Å². The van der Waals surface area contributed by atoms with E-state index in [0.29, 0.717) is 35.7 Å². The minimum Gasteiger partial charge on any atom is -0.351 e. The number of imide groups is 1. The van der Waals surface area contributed by atoms with Gasteiger partial charge < -0.3 is 20.9 Å². The highest BCUT2D eigenvalue weighted by Crippen LogP contribution is 2.26. The molecule has 2 saturated heterocycles. The van der Waals surface area contributed by atoms with E-state index in [2.05, 4.69) is 77.3 Å². The number of anilines is 2. The molecule has 0 atom stereocenters. The average molecular weight is 517 g/mol. The summed E-state index contributed by atoms with van der Waals surface area (Å²) in [5, 5.41) is 15.9. The lowest BCUT2D eigenvalue weighted by molar-refractivity contribution is -0.115. The first-order valence-corrected chi connectivity index (χ1v) is 13.2. The lowest BCUT2D eigenvalue weighted by atomic mass is 10.1. The molecule has 4 heterocycles. The molecule has 3 aliphatic rings. The lowest BCUT2D eigenvalue weighted by Gasteiger charge is -2.34. The Balaban J connectivity index is 1.16. The Morgan fingerprint density at radius 1 is 1.00 bits per heavy atom. The van der Waals surface area contributed by atoms with Crippen molar-refractivity contribution in [1.29, 1.82) is 0 Å². The predicted octanol–water partition coefficient (Wildman–Crippen LogP) is 1.63. The molecule has 0 radical (unpaired) electrons. The Kier molecular flexibility index (Phi) is 6.64. The SMILES string of the molecule is CCN1CCN(Cc2ccc(CNc3nc(NC4CC4)n4ncc(/C=C5\NC(=O)NC5=O)c4n3)cc2)CC1. The van der Waals surface area contributed by atoms with Gasteiger partial charge in [0.25, 0.3) is 5.91 Å². The number of hydrogen-bond acceptors (Lipinski definition) is 9. The average Bonchev–Trinajstić information content (AvgIpc) is 3.56. The molecule has 0 spiro atoms. The van der Waals surface area contributed by atoms with Gasteiger partial charge in [-0.2, -0.15) is 19.6 Å². The summed E-state index contributed by atoms with van der Waals surface area (Å²) in [6, 6.07) is 8.48. The molecule has 0 bridgehead atoms. The molecule has 12 nitrogen and oxygen atoms in total. The number of nitrogens with one attached hydrogen (secondary N) is 4. The Hall–Kier alpha value is -4.03. The van der Waals surface area contributed by atoms with Gasteiger partial charge in [-0.1, -0.05) is 31.2 Å². The van der Waals surface area contributed by atoms with Crippen LogP contribution in [0.5, 0.6) is 0 Å². The maximum Gasteiger partial charge on any atom is 0.326 e. The fraction of sp³-hybridized carbons (Fsp3) is 0.423. The molecule has 2 aromatic heterocycles. The van der Waals surface area contributed by atoms with E-state index in [9.17, 15) is 9.59 Å². The van der Waals surface area contributed by atoms with Gasteiger partial charge in [0.1, 0.15) is 5.70 Å². The molecule has 1 saturated carbocycles. The fourth-order valence-corrected chi connectivity index (χ4v) is 4.68. The largest absolute Gasteiger partial charge is 0.351 e. The van der Waals surface area contributed by atoms with Crippen LogP contribution in [0.2, 0.25) is 0 Å². The highest BCUT2D eigenvalue weighted by Gasteiger charge is 2.26. The number of nitrogens with zero attached hydrogens (tertiary/aromatic N) is 6. The summed E-state index contributed by atoms with van der Waals surface area (Å²) in [5.74, 6) is 0.561. The molecule has 3 aromatic rings. The zero-order valence-electron chi connectivity index (χ0n) is 21.4. The van der Waals surface area contributed by atoms with Crippen molar-refractivity contribution < 1.29 is 9.59 Å². The first kappa shape index (κ1) is 24.3. The number of amides is 3. The lowest BCUT2D eigenvalue weighted by Crippen LogP contribution is -2.45. The van der Waals surface area contributed by atoms with Gasteiger partial charge in [-0.05, 0) is 36.6 Å². The van der Waals surface area contributed by atoms with Gasteiger partial charge in [-0.15, -0.1) is 0 Å². The van der Waals surface area contributed by atoms with Crippen LogP contribution in [0.25, 0.3) is 11.7 Å². The summed E-state index contributed by atoms with van der Waals surface area (Å²) in [5.41, 5.74) is 3.73. The predicted molar refractivity (Wildman–Crippen MR) is 143 cm³/mol. The van der Waals surface area contributed by atoms with Crippen LogP contribution in [0, 0.1) is 0 Å². The van der Waals surface area contributed by atoms with Crippen LogP contribution in [-0.4, -0.2) is 80.1 Å². The molecular weight excluding hydrogens is 484 g/mol. The molecule has 6 rings (SSSR count). The minimum atomic E-state index is -0.545. The van der Waals surface area contributed by atoms with Crippen molar-refractivity contribution >= 4 is 35.6 Å². The quantitative estimate of drug-likeness (QED) is 0.247. The third kappa shape index (κ3) is 5.46. The number of benzene rings is 1. The zero-order valence-corrected chi connectivity index (χ0v) is 21.4. The Bertz CT molecular complexity index is 1370. The molecule has 4 N–H and O–H groups in total. The van der Waals surface area contributed by atoms with Gasteiger partial charge >= 0.3 is 6.03 Å². The third-order valence-corrected chi connectivity index (χ3v) is 7.12. The topological polar surface area (TPSA) is 132 Å². The van der Waals surface area contributed by atoms with Crippen LogP contribution >= 0.6 is 0 Å². The summed E-state index contributed by atoms with van der Waals surface area (Å²) in [6.45, 7) is 9.38. The summed E-state index contributed by atoms with van der Waals surface area (Å²) < 4.78 is 1.62. The molecule has 3 amide bonds. The number of rotatable bonds is 9. The van der Waals surface area contributed by atoms with Gasteiger partial charge in [0, 0.05) is 50.9 Å². The molecule has 1 aromatic carbocycles. The van der Waals surface area contributed by atoms with Crippen LogP contribution in [0.4, 0.5) is 16.7 Å². The number of carbonyl (C=O) groups is 2. The smallest absolute Gasteiger partial charge is 0.326 e. The first-order chi connectivity index (χ1) is 18.5. The Labute approximate surface area is 220 Å². The normalized spacial score (nSPS) is 19.7. The van der Waals surface area contributed by atoms with E-state index in [1.807, 2.05) is 0 Å². The van der Waals surface area contributed by atoms with E-state index in [-0.39, 0.29) is 5.70 Å². The number of piperazine rings is 1. The zero-order chi connectivity index (χ0) is 26.1. The van der Waals surface area contributed by atoms with Crippen molar-refractivity contribution in [3.8, 4) is 0 Å². The second kappa shape index (κ2) is 10.4. The van der Waals surface area contributed by atoms with Crippen molar-refractivity contribution in [1.82, 2.24) is 40.0 Å². The second-order valence-electron chi connectivity index (χ2n) is 9.97. The van der Waals surface area contributed by atoms with Crippen molar-refractivity contribution in [2.45, 2.75) is 38.9 Å². The number of aromatic nitrogens is 4. The molecule has 1 aliphatic carbocycles. The highest BCUT2D eigenvalue weighted by atomic mass is 16.2. The van der Waals surface area contributed by atoms with E-state index >= 15 is 0 Å². The molecule has 2 aliphatic heterocycles. The summed E-state index contributed by atoms with van der Waals surface area (Å²) in [7, 11) is 0. The number of likely N-dealkylation sites (N-methyl/N-ethyl adjacent to an activating group) is 1. The summed E-state index contributed by atoms with van der Waals surface area (Å²) in [6.07, 6.45) is 5.34. The van der Waals surface area contributed by atoms with E-state index in [1.54, 1.807) is 16.8 Å². The van der Waals surface area contributed by atoms with Crippen LogP contribution in [-0.2, 0) is 17.9 Å². The van der Waals surface area contributed by atoms with Gasteiger partial charge in [0.05, 0.1) is 6.20 Å². The number of urea groups is 1. The Morgan fingerprint density at radius 3 is 2.42 bits per heavy atom. The third-order valence-electron chi connectivity index (χ3n) is 7.12. The van der Waals surface area contributed by atoms with Crippen molar-refractivity contribution in [2.75, 3.05) is 43.4 Å². The molecule has 12 heteroatoms. The first-order valence-electron chi connectivity index (χ1n) is 13.2. The van der Waals surface area contributed by atoms with Crippen molar-refractivity contribution in [2.24, 2.45) is 0 Å². The maximum absolute atomic E-state index is 12.0. The number of hydrogen-bond donors (Lipinski definition) is 4. The fourth-order valence-electron chi connectivity index (χ4n) is 4.68. The monoisotopic (exact) mass is 516 g/mol. The second-order valence-corrected chi connectivity index (χ2v) is 9.97. The number of fused-ring (bicyclic) bond motifs is 1.